The molecule has 3 aromatic carbocycles. The minimum absolute atomic E-state index is 0.241. The lowest BCUT2D eigenvalue weighted by Crippen LogP contribution is -2.18. The first-order valence-corrected chi connectivity index (χ1v) is 8.73. The van der Waals surface area contributed by atoms with Crippen LogP contribution in [-0.2, 0) is 11.2 Å². The van der Waals surface area contributed by atoms with Gasteiger partial charge in [0, 0.05) is 12.5 Å². The molecule has 140 valence electrons. The molecule has 0 N–H and O–H groups in total. The Kier molecular flexibility index (Phi) is 6.27. The zero-order valence-corrected chi connectivity index (χ0v) is 15.4. The molecule has 0 radical (unpaired) electrons. The third kappa shape index (κ3) is 4.89. The van der Waals surface area contributed by atoms with E-state index in [4.69, 9.17) is 19.5 Å². The number of para-hydroxylation sites is 1. The quantitative estimate of drug-likeness (QED) is 0.460. The van der Waals surface area contributed by atoms with Crippen molar-refractivity contribution in [1.82, 2.24) is 0 Å². The Hall–Kier alpha value is -3.78. The molecule has 0 bridgehead atoms. The highest BCUT2D eigenvalue weighted by Gasteiger charge is 2.13. The first-order chi connectivity index (χ1) is 13.7. The lowest BCUT2D eigenvalue weighted by molar-refractivity contribution is -0.136. The van der Waals surface area contributed by atoms with Crippen molar-refractivity contribution >= 4 is 5.97 Å². The second-order valence-corrected chi connectivity index (χ2v) is 6.01. The third-order valence-corrected chi connectivity index (χ3v) is 4.07. The molecule has 3 rings (SSSR count). The molecule has 0 heterocycles. The van der Waals surface area contributed by atoms with Gasteiger partial charge in [0.25, 0.3) is 0 Å². The van der Waals surface area contributed by atoms with Crippen LogP contribution in [0.4, 0.5) is 0 Å². The van der Waals surface area contributed by atoms with Crippen molar-refractivity contribution in [2.45, 2.75) is 6.42 Å². The Morgan fingerprint density at radius 3 is 2.43 bits per heavy atom. The maximum Gasteiger partial charge on any atom is 0.349 e. The van der Waals surface area contributed by atoms with Crippen molar-refractivity contribution < 1.29 is 19.0 Å². The summed E-state index contributed by atoms with van der Waals surface area (Å²) < 4.78 is 16.2. The van der Waals surface area contributed by atoms with Crippen LogP contribution in [0.15, 0.2) is 72.8 Å². The number of esters is 1. The van der Waals surface area contributed by atoms with Gasteiger partial charge in [0.15, 0.2) is 18.1 Å². The molecular weight excluding hydrogens is 354 g/mol. The van der Waals surface area contributed by atoms with E-state index >= 15 is 0 Å². The van der Waals surface area contributed by atoms with Crippen molar-refractivity contribution in [3.8, 4) is 23.3 Å². The molecule has 0 spiro atoms. The van der Waals surface area contributed by atoms with Crippen LogP contribution in [0.5, 0.6) is 17.2 Å². The number of methoxy groups -OCH3 is 1. The number of carbonyl (C=O) groups excluding carboxylic acids is 1. The first kappa shape index (κ1) is 19.0. The van der Waals surface area contributed by atoms with Crippen molar-refractivity contribution in [3.05, 3.63) is 89.5 Å². The van der Waals surface area contributed by atoms with Crippen molar-refractivity contribution in [2.75, 3.05) is 13.7 Å². The van der Waals surface area contributed by atoms with Gasteiger partial charge in [0.2, 0.25) is 0 Å². The monoisotopic (exact) mass is 373 g/mol. The summed E-state index contributed by atoms with van der Waals surface area (Å²) in [5.74, 6) is 0.636. The van der Waals surface area contributed by atoms with Crippen LogP contribution in [0.25, 0.3) is 0 Å². The molecule has 0 fully saturated rings. The fourth-order valence-corrected chi connectivity index (χ4v) is 2.72. The fourth-order valence-electron chi connectivity index (χ4n) is 2.72. The summed E-state index contributed by atoms with van der Waals surface area (Å²) in [5, 5.41) is 8.94. The molecule has 0 atom stereocenters. The lowest BCUT2D eigenvalue weighted by atomic mass is 10.0. The molecule has 28 heavy (non-hydrogen) atoms. The van der Waals surface area contributed by atoms with E-state index in [2.05, 4.69) is 0 Å². The highest BCUT2D eigenvalue weighted by Crippen LogP contribution is 2.28. The average molecular weight is 373 g/mol. The topological polar surface area (TPSA) is 68.5 Å². The zero-order chi connectivity index (χ0) is 19.8. The number of ether oxygens (including phenoxy) is 3. The molecule has 0 unspecified atom stereocenters. The van der Waals surface area contributed by atoms with Gasteiger partial charge in [-0.3, -0.25) is 0 Å². The maximum atomic E-state index is 12.2. The van der Waals surface area contributed by atoms with E-state index in [0.29, 0.717) is 23.5 Å². The summed E-state index contributed by atoms with van der Waals surface area (Å²) >= 11 is 0. The van der Waals surface area contributed by atoms with Crippen LogP contribution in [0.2, 0.25) is 0 Å². The van der Waals surface area contributed by atoms with Gasteiger partial charge in [-0.05, 0) is 29.3 Å². The van der Waals surface area contributed by atoms with E-state index in [1.54, 1.807) is 6.07 Å². The van der Waals surface area contributed by atoms with Crippen LogP contribution < -0.4 is 14.2 Å². The smallest absolute Gasteiger partial charge is 0.349 e. The van der Waals surface area contributed by atoms with E-state index in [0.717, 1.165) is 11.1 Å². The van der Waals surface area contributed by atoms with Crippen LogP contribution in [-0.4, -0.2) is 19.7 Å². The van der Waals surface area contributed by atoms with Gasteiger partial charge in [-0.15, -0.1) is 0 Å². The van der Waals surface area contributed by atoms with E-state index in [9.17, 15) is 4.79 Å². The number of rotatable bonds is 7. The third-order valence-electron chi connectivity index (χ3n) is 4.07. The summed E-state index contributed by atoms with van der Waals surface area (Å²) in [4.78, 5) is 12.2. The average Bonchev–Trinajstić information content (AvgIpc) is 2.74. The van der Waals surface area contributed by atoms with Gasteiger partial charge in [-0.2, -0.15) is 5.26 Å². The molecule has 0 aromatic heterocycles. The van der Waals surface area contributed by atoms with Crippen molar-refractivity contribution in [3.63, 3.8) is 0 Å². The Bertz CT molecular complexity index is 993. The Labute approximate surface area is 163 Å². The van der Waals surface area contributed by atoms with Crippen LogP contribution in [0, 0.1) is 11.3 Å². The standard InChI is InChI=1S/C23H19NO4/c1-26-22-14-18(15-24)11-12-21(22)28-23(25)16-27-20-10-6-5-9-19(20)13-17-7-3-2-4-8-17/h2-12,14H,13,16H2,1H3. The minimum atomic E-state index is -0.558. The lowest BCUT2D eigenvalue weighted by Gasteiger charge is -2.12. The van der Waals surface area contributed by atoms with E-state index in [1.165, 1.54) is 19.2 Å². The molecule has 5 heteroatoms. The summed E-state index contributed by atoms with van der Waals surface area (Å²) in [6.07, 6.45) is 0.704. The van der Waals surface area contributed by atoms with Crippen molar-refractivity contribution in [1.29, 1.82) is 5.26 Å². The number of benzene rings is 3. The summed E-state index contributed by atoms with van der Waals surface area (Å²) in [6.45, 7) is -0.241. The molecule has 0 saturated carbocycles. The highest BCUT2D eigenvalue weighted by molar-refractivity contribution is 5.75. The molecule has 0 saturated heterocycles. The summed E-state index contributed by atoms with van der Waals surface area (Å²) in [5.41, 5.74) is 2.56. The van der Waals surface area contributed by atoms with E-state index < -0.39 is 5.97 Å². The van der Waals surface area contributed by atoms with E-state index in [1.807, 2.05) is 60.7 Å². The molecule has 0 aliphatic carbocycles. The molecule has 0 aliphatic rings. The Morgan fingerprint density at radius 1 is 0.929 bits per heavy atom. The molecule has 0 aliphatic heterocycles. The number of hydrogen-bond acceptors (Lipinski definition) is 5. The van der Waals surface area contributed by atoms with Gasteiger partial charge in [0.1, 0.15) is 5.75 Å². The summed E-state index contributed by atoms with van der Waals surface area (Å²) in [7, 11) is 1.45. The molecule has 0 amide bonds. The van der Waals surface area contributed by atoms with Crippen molar-refractivity contribution in [2.24, 2.45) is 0 Å². The fraction of sp³-hybridized carbons (Fsp3) is 0.130. The first-order valence-electron chi connectivity index (χ1n) is 8.73. The normalized spacial score (nSPS) is 10.0. The second-order valence-electron chi connectivity index (χ2n) is 6.01. The minimum Gasteiger partial charge on any atom is -0.493 e. The predicted molar refractivity (Wildman–Crippen MR) is 105 cm³/mol. The van der Waals surface area contributed by atoms with Crippen LogP contribution in [0.3, 0.4) is 0 Å². The van der Waals surface area contributed by atoms with Gasteiger partial charge < -0.3 is 14.2 Å². The SMILES string of the molecule is COc1cc(C#N)ccc1OC(=O)COc1ccccc1Cc1ccccc1. The Balaban J connectivity index is 1.65. The zero-order valence-electron chi connectivity index (χ0n) is 15.4. The second kappa shape index (κ2) is 9.24. The van der Waals surface area contributed by atoms with Crippen LogP contribution in [0.1, 0.15) is 16.7 Å². The Morgan fingerprint density at radius 2 is 1.68 bits per heavy atom. The molecule has 3 aromatic rings. The van der Waals surface area contributed by atoms with Gasteiger partial charge in [0.05, 0.1) is 18.7 Å². The number of nitriles is 1. The molecule has 5 nitrogen and oxygen atoms in total. The van der Waals surface area contributed by atoms with E-state index in [-0.39, 0.29) is 12.4 Å². The van der Waals surface area contributed by atoms with Crippen LogP contribution >= 0.6 is 0 Å². The number of hydrogen-bond donors (Lipinski definition) is 0. The number of carbonyl (C=O) groups is 1. The largest absolute Gasteiger partial charge is 0.493 e. The predicted octanol–water partition coefficient (Wildman–Crippen LogP) is 4.14. The highest BCUT2D eigenvalue weighted by atomic mass is 16.6. The molecular formula is C23H19NO4. The maximum absolute atomic E-state index is 12.2. The number of nitrogens with zero attached hydrogens (tertiary/aromatic N) is 1. The summed E-state index contributed by atoms with van der Waals surface area (Å²) in [6, 6.07) is 24.2. The van der Waals surface area contributed by atoms with Gasteiger partial charge >= 0.3 is 5.97 Å². The van der Waals surface area contributed by atoms with Gasteiger partial charge in [-0.25, -0.2) is 4.79 Å². The van der Waals surface area contributed by atoms with Gasteiger partial charge in [-0.1, -0.05) is 48.5 Å².